The van der Waals surface area contributed by atoms with Gasteiger partial charge in [-0.1, -0.05) is 12.1 Å². The van der Waals surface area contributed by atoms with Crippen LogP contribution in [0, 0.1) is 11.8 Å². The Labute approximate surface area is 179 Å². The molecule has 11 heteroatoms. The quantitative estimate of drug-likeness (QED) is 0.667. The summed E-state index contributed by atoms with van der Waals surface area (Å²) in [6.07, 6.45) is -3.13. The molecular formula is C21H18F3N5O3. The van der Waals surface area contributed by atoms with Crippen molar-refractivity contribution in [2.24, 2.45) is 11.8 Å². The Balaban J connectivity index is 1.34. The van der Waals surface area contributed by atoms with Crippen LogP contribution in [0.4, 0.5) is 18.9 Å². The van der Waals surface area contributed by atoms with E-state index in [1.54, 1.807) is 15.9 Å². The van der Waals surface area contributed by atoms with Gasteiger partial charge in [0.05, 0.1) is 11.1 Å². The number of aromatic carboxylic acids is 1. The number of amides is 1. The normalized spacial score (nSPS) is 20.7. The Hall–Kier alpha value is -3.63. The van der Waals surface area contributed by atoms with E-state index in [0.29, 0.717) is 31.8 Å². The number of pyridine rings is 1. The molecule has 0 bridgehead atoms. The second-order valence-electron chi connectivity index (χ2n) is 8.12. The fourth-order valence-corrected chi connectivity index (χ4v) is 4.65. The van der Waals surface area contributed by atoms with Crippen LogP contribution >= 0.6 is 0 Å². The number of hydrogen-bond donors (Lipinski definition) is 1. The molecule has 5 rings (SSSR count). The third-order valence-corrected chi connectivity index (χ3v) is 6.16. The number of carbonyl (C=O) groups is 2. The SMILES string of the molecule is O=C(O)c1ccc2nnc(C(=O)N3C[C@@H]4CN(c5ccccc5C(F)(F)F)C[C@@H]4C3)n2c1. The third-order valence-electron chi connectivity index (χ3n) is 6.16. The maximum absolute atomic E-state index is 13.4. The van der Waals surface area contributed by atoms with Gasteiger partial charge >= 0.3 is 12.1 Å². The molecule has 166 valence electrons. The van der Waals surface area contributed by atoms with Crippen LogP contribution in [0.3, 0.4) is 0 Å². The highest BCUT2D eigenvalue weighted by Crippen LogP contribution is 2.40. The zero-order valence-electron chi connectivity index (χ0n) is 16.7. The standard InChI is InChI=1S/C21H18F3N5O3/c22-21(23,24)15-3-1-2-4-16(15)27-7-13-9-28(10-14(13)8-27)19(30)18-26-25-17-6-5-12(20(31)32)11-29(17)18/h1-6,11,13-14H,7-10H2,(H,31,32)/t13-,14+. The Bertz CT molecular complexity index is 1210. The number of likely N-dealkylation sites (tertiary alicyclic amines) is 1. The minimum absolute atomic E-state index is 0.00335. The lowest BCUT2D eigenvalue weighted by Crippen LogP contribution is -2.34. The van der Waals surface area contributed by atoms with Crippen molar-refractivity contribution in [3.8, 4) is 0 Å². The van der Waals surface area contributed by atoms with Gasteiger partial charge in [0, 0.05) is 49.9 Å². The average molecular weight is 445 g/mol. The molecule has 0 radical (unpaired) electrons. The molecule has 4 heterocycles. The summed E-state index contributed by atoms with van der Waals surface area (Å²) >= 11 is 0. The highest BCUT2D eigenvalue weighted by Gasteiger charge is 2.44. The Kier molecular flexibility index (Phi) is 4.57. The van der Waals surface area contributed by atoms with Gasteiger partial charge in [-0.25, -0.2) is 4.79 Å². The summed E-state index contributed by atoms with van der Waals surface area (Å²) in [4.78, 5) is 27.7. The molecule has 8 nitrogen and oxygen atoms in total. The van der Waals surface area contributed by atoms with Gasteiger partial charge in [0.1, 0.15) is 0 Å². The first-order valence-corrected chi connectivity index (χ1v) is 10.0. The molecule has 2 aliphatic rings. The van der Waals surface area contributed by atoms with E-state index >= 15 is 0 Å². The molecule has 32 heavy (non-hydrogen) atoms. The predicted octanol–water partition coefficient (Wildman–Crippen LogP) is 2.65. The second-order valence-corrected chi connectivity index (χ2v) is 8.12. The number of nitrogens with zero attached hydrogens (tertiary/aromatic N) is 5. The summed E-state index contributed by atoms with van der Waals surface area (Å²) in [5.74, 6) is -1.42. The first-order valence-electron chi connectivity index (χ1n) is 10.0. The highest BCUT2D eigenvalue weighted by molar-refractivity contribution is 5.92. The molecule has 1 aromatic carbocycles. The summed E-state index contributed by atoms with van der Waals surface area (Å²) in [6.45, 7) is 1.63. The van der Waals surface area contributed by atoms with E-state index in [1.165, 1.54) is 34.9 Å². The van der Waals surface area contributed by atoms with Gasteiger partial charge in [-0.15, -0.1) is 10.2 Å². The van der Waals surface area contributed by atoms with E-state index in [0.717, 1.165) is 6.07 Å². The largest absolute Gasteiger partial charge is 0.478 e. The van der Waals surface area contributed by atoms with Crippen LogP contribution in [-0.4, -0.2) is 62.7 Å². The maximum Gasteiger partial charge on any atom is 0.418 e. The van der Waals surface area contributed by atoms with E-state index < -0.39 is 17.7 Å². The van der Waals surface area contributed by atoms with Crippen LogP contribution in [0.15, 0.2) is 42.6 Å². The lowest BCUT2D eigenvalue weighted by atomic mass is 10.0. The lowest BCUT2D eigenvalue weighted by molar-refractivity contribution is -0.137. The number of aromatic nitrogens is 3. The molecule has 2 aliphatic heterocycles. The zero-order valence-corrected chi connectivity index (χ0v) is 16.7. The fraction of sp³-hybridized carbons (Fsp3) is 0.333. The van der Waals surface area contributed by atoms with Gasteiger partial charge in [-0.05, 0) is 24.3 Å². The van der Waals surface area contributed by atoms with E-state index in [-0.39, 0.29) is 34.8 Å². The summed E-state index contributed by atoms with van der Waals surface area (Å²) in [7, 11) is 0. The van der Waals surface area contributed by atoms with Crippen molar-refractivity contribution >= 4 is 23.2 Å². The lowest BCUT2D eigenvalue weighted by Gasteiger charge is -2.25. The van der Waals surface area contributed by atoms with E-state index in [1.807, 2.05) is 0 Å². The molecule has 2 saturated heterocycles. The number of para-hydroxylation sites is 1. The first-order chi connectivity index (χ1) is 15.2. The molecule has 0 saturated carbocycles. The minimum atomic E-state index is -4.43. The Morgan fingerprint density at radius 2 is 1.66 bits per heavy atom. The third kappa shape index (κ3) is 3.33. The van der Waals surface area contributed by atoms with Crippen molar-refractivity contribution < 1.29 is 27.9 Å². The molecule has 1 N–H and O–H groups in total. The van der Waals surface area contributed by atoms with Crippen molar-refractivity contribution in [3.05, 3.63) is 59.5 Å². The number of alkyl halides is 3. The number of halogens is 3. The highest BCUT2D eigenvalue weighted by atomic mass is 19.4. The molecular weight excluding hydrogens is 427 g/mol. The number of carbonyl (C=O) groups excluding carboxylic acids is 1. The molecule has 3 aromatic rings. The molecule has 0 spiro atoms. The average Bonchev–Trinajstić information content (AvgIpc) is 3.45. The van der Waals surface area contributed by atoms with Gasteiger partial charge in [-0.3, -0.25) is 9.20 Å². The number of rotatable bonds is 3. The van der Waals surface area contributed by atoms with Crippen molar-refractivity contribution in [1.82, 2.24) is 19.5 Å². The summed E-state index contributed by atoms with van der Waals surface area (Å²) in [5.41, 5.74) is -0.134. The minimum Gasteiger partial charge on any atom is -0.478 e. The van der Waals surface area contributed by atoms with Gasteiger partial charge < -0.3 is 14.9 Å². The Morgan fingerprint density at radius 1 is 0.969 bits per heavy atom. The van der Waals surface area contributed by atoms with E-state index in [2.05, 4.69) is 10.2 Å². The van der Waals surface area contributed by atoms with Crippen molar-refractivity contribution in [2.75, 3.05) is 31.1 Å². The van der Waals surface area contributed by atoms with E-state index in [4.69, 9.17) is 0 Å². The fourth-order valence-electron chi connectivity index (χ4n) is 4.65. The summed E-state index contributed by atoms with van der Waals surface area (Å²) in [6, 6.07) is 8.39. The van der Waals surface area contributed by atoms with Gasteiger partial charge in [0.15, 0.2) is 5.65 Å². The van der Waals surface area contributed by atoms with Crippen molar-refractivity contribution in [1.29, 1.82) is 0 Å². The number of carboxylic acid groups (broad SMARTS) is 1. The topological polar surface area (TPSA) is 91.0 Å². The predicted molar refractivity (Wildman–Crippen MR) is 106 cm³/mol. The number of carboxylic acids is 1. The van der Waals surface area contributed by atoms with Crippen molar-refractivity contribution in [2.45, 2.75) is 6.18 Å². The van der Waals surface area contributed by atoms with E-state index in [9.17, 15) is 27.9 Å². The molecule has 2 atom stereocenters. The zero-order chi connectivity index (χ0) is 22.6. The molecule has 0 aliphatic carbocycles. The smallest absolute Gasteiger partial charge is 0.418 e. The molecule has 2 aromatic heterocycles. The summed E-state index contributed by atoms with van der Waals surface area (Å²) < 4.78 is 41.5. The van der Waals surface area contributed by atoms with Crippen LogP contribution in [0.5, 0.6) is 0 Å². The second kappa shape index (κ2) is 7.21. The number of benzene rings is 1. The maximum atomic E-state index is 13.4. The summed E-state index contributed by atoms with van der Waals surface area (Å²) in [5, 5.41) is 17.1. The van der Waals surface area contributed by atoms with Crippen LogP contribution in [0.1, 0.15) is 26.5 Å². The van der Waals surface area contributed by atoms with Crippen LogP contribution < -0.4 is 4.90 Å². The molecule has 0 unspecified atom stereocenters. The van der Waals surface area contributed by atoms with Crippen LogP contribution in [-0.2, 0) is 6.18 Å². The van der Waals surface area contributed by atoms with Gasteiger partial charge in [-0.2, -0.15) is 13.2 Å². The first kappa shape index (κ1) is 20.3. The number of hydrogen-bond acceptors (Lipinski definition) is 5. The van der Waals surface area contributed by atoms with Gasteiger partial charge in [0.2, 0.25) is 5.82 Å². The molecule has 2 fully saturated rings. The number of fused-ring (bicyclic) bond motifs is 2. The van der Waals surface area contributed by atoms with Gasteiger partial charge in [0.25, 0.3) is 5.91 Å². The number of anilines is 1. The van der Waals surface area contributed by atoms with Crippen LogP contribution in [0.25, 0.3) is 5.65 Å². The Morgan fingerprint density at radius 3 is 2.31 bits per heavy atom. The monoisotopic (exact) mass is 445 g/mol. The van der Waals surface area contributed by atoms with Crippen LogP contribution in [0.2, 0.25) is 0 Å². The van der Waals surface area contributed by atoms with Crippen molar-refractivity contribution in [3.63, 3.8) is 0 Å². The molecule has 1 amide bonds.